The highest BCUT2D eigenvalue weighted by Crippen LogP contribution is 2.14. The average molecular weight is 135 g/mol. The smallest absolute Gasteiger partial charge is 0.0318 e. The molecule has 0 aromatic rings. The molecule has 0 radical (unpaired) electrons. The molecule has 0 fully saturated rings. The van der Waals surface area contributed by atoms with Gasteiger partial charge in [0.2, 0.25) is 0 Å². The first-order valence-electron chi connectivity index (χ1n) is 2.32. The van der Waals surface area contributed by atoms with E-state index in [0.717, 1.165) is 0 Å². The lowest BCUT2D eigenvalue weighted by Crippen LogP contribution is -2.35. The first-order valence-corrected chi connectivity index (χ1v) is 2.86. The van der Waals surface area contributed by atoms with Crippen LogP contribution in [0.3, 0.4) is 0 Å². The number of nitrogens with one attached hydrogen (secondary N) is 1. The minimum atomic E-state index is -0.665. The van der Waals surface area contributed by atoms with Crippen LogP contribution in [0.4, 0.5) is 0 Å². The minimum Gasteiger partial charge on any atom is -0.862 e. The second-order valence-corrected chi connectivity index (χ2v) is 2.61. The van der Waals surface area contributed by atoms with Crippen LogP contribution in [0, 0.1) is 10.8 Å². The SMILES string of the molecule is CC(C)(CCl)C(=N)[O-]. The van der Waals surface area contributed by atoms with E-state index < -0.39 is 11.3 Å². The second kappa shape index (κ2) is 2.35. The zero-order chi connectivity index (χ0) is 6.78. The molecule has 0 saturated carbocycles. The highest BCUT2D eigenvalue weighted by molar-refractivity contribution is 6.19. The van der Waals surface area contributed by atoms with E-state index >= 15 is 0 Å². The topological polar surface area (TPSA) is 46.9 Å². The predicted molar refractivity (Wildman–Crippen MR) is 32.2 cm³/mol. The summed E-state index contributed by atoms with van der Waals surface area (Å²) < 4.78 is 0. The van der Waals surface area contributed by atoms with Crippen molar-refractivity contribution < 1.29 is 5.11 Å². The summed E-state index contributed by atoms with van der Waals surface area (Å²) in [5.41, 5.74) is -0.665. The van der Waals surface area contributed by atoms with Crippen LogP contribution in [0.2, 0.25) is 0 Å². The predicted octanol–water partition coefficient (Wildman–Crippen LogP) is 0.589. The number of hydrogen-bond donors (Lipinski definition) is 1. The van der Waals surface area contributed by atoms with Crippen LogP contribution in [-0.4, -0.2) is 11.8 Å². The fourth-order valence-corrected chi connectivity index (χ4v) is 0.182. The molecule has 0 saturated heterocycles. The molecule has 0 aromatic carbocycles. The fraction of sp³-hybridized carbons (Fsp3) is 0.800. The molecule has 0 amide bonds. The molecule has 0 unspecified atom stereocenters. The maximum Gasteiger partial charge on any atom is 0.0318 e. The number of alkyl halides is 1. The van der Waals surface area contributed by atoms with Crippen molar-refractivity contribution >= 4 is 17.5 Å². The van der Waals surface area contributed by atoms with Gasteiger partial charge in [-0.1, -0.05) is 13.8 Å². The molecule has 0 bridgehead atoms. The van der Waals surface area contributed by atoms with E-state index in [-0.39, 0.29) is 5.88 Å². The zero-order valence-corrected chi connectivity index (χ0v) is 5.75. The van der Waals surface area contributed by atoms with Crippen LogP contribution in [-0.2, 0) is 0 Å². The maximum atomic E-state index is 10.3. The van der Waals surface area contributed by atoms with Crippen LogP contribution in [0.5, 0.6) is 0 Å². The summed E-state index contributed by atoms with van der Waals surface area (Å²) in [4.78, 5) is 0. The summed E-state index contributed by atoms with van der Waals surface area (Å²) in [6.07, 6.45) is 0. The van der Waals surface area contributed by atoms with E-state index in [1.54, 1.807) is 13.8 Å². The van der Waals surface area contributed by atoms with Gasteiger partial charge in [-0.05, 0) is 5.90 Å². The Labute approximate surface area is 54.0 Å². The van der Waals surface area contributed by atoms with E-state index in [1.807, 2.05) is 0 Å². The molecule has 0 aliphatic heterocycles. The van der Waals surface area contributed by atoms with Gasteiger partial charge in [-0.2, -0.15) is 0 Å². The van der Waals surface area contributed by atoms with E-state index in [0.29, 0.717) is 0 Å². The quantitative estimate of drug-likeness (QED) is 0.335. The Hall–Kier alpha value is -0.240. The molecule has 8 heavy (non-hydrogen) atoms. The standard InChI is InChI=1S/C5H10ClNO/c1-5(2,3-6)4(7)8/h3H2,1-2H3,(H2,7,8)/p-1. The summed E-state index contributed by atoms with van der Waals surface area (Å²) in [6, 6.07) is 0. The average Bonchev–Trinajstić information content (AvgIpc) is 1.67. The fourth-order valence-electron chi connectivity index (χ4n) is 0.0607. The zero-order valence-electron chi connectivity index (χ0n) is 4.99. The lowest BCUT2D eigenvalue weighted by atomic mass is 9.97. The lowest BCUT2D eigenvalue weighted by Gasteiger charge is -2.26. The number of rotatable bonds is 2. The third kappa shape index (κ3) is 1.70. The molecule has 0 aliphatic rings. The Kier molecular flexibility index (Phi) is 2.28. The third-order valence-electron chi connectivity index (χ3n) is 0.949. The van der Waals surface area contributed by atoms with E-state index in [9.17, 15) is 5.11 Å². The van der Waals surface area contributed by atoms with Crippen molar-refractivity contribution in [2.75, 3.05) is 5.88 Å². The molecule has 0 aromatic heterocycles. The molecule has 1 N–H and O–H groups in total. The van der Waals surface area contributed by atoms with Crippen LogP contribution in [0.15, 0.2) is 0 Å². The normalized spacial score (nSPS) is 11.4. The largest absolute Gasteiger partial charge is 0.862 e. The molecule has 0 rings (SSSR count). The highest BCUT2D eigenvalue weighted by atomic mass is 35.5. The molecule has 0 atom stereocenters. The van der Waals surface area contributed by atoms with E-state index in [1.165, 1.54) is 0 Å². The van der Waals surface area contributed by atoms with E-state index in [2.05, 4.69) is 0 Å². The maximum absolute atomic E-state index is 10.3. The molecule has 0 aliphatic carbocycles. The van der Waals surface area contributed by atoms with Gasteiger partial charge in [0.05, 0.1) is 0 Å². The van der Waals surface area contributed by atoms with E-state index in [4.69, 9.17) is 17.0 Å². The Bertz CT molecular complexity index is 101. The van der Waals surface area contributed by atoms with Crippen molar-refractivity contribution in [3.8, 4) is 0 Å². The number of halogens is 1. The summed E-state index contributed by atoms with van der Waals surface area (Å²) in [6.45, 7) is 3.30. The molecule has 0 heterocycles. The molecule has 0 spiro atoms. The van der Waals surface area contributed by atoms with Crippen molar-refractivity contribution in [2.45, 2.75) is 13.8 Å². The van der Waals surface area contributed by atoms with Gasteiger partial charge >= 0.3 is 0 Å². The van der Waals surface area contributed by atoms with Crippen molar-refractivity contribution in [1.82, 2.24) is 0 Å². The minimum absolute atomic E-state index is 0.218. The molecular weight excluding hydrogens is 126 g/mol. The molecule has 3 heteroatoms. The highest BCUT2D eigenvalue weighted by Gasteiger charge is 2.14. The van der Waals surface area contributed by atoms with Crippen molar-refractivity contribution in [1.29, 1.82) is 5.41 Å². The van der Waals surface area contributed by atoms with Gasteiger partial charge in [0, 0.05) is 11.3 Å². The lowest BCUT2D eigenvalue weighted by molar-refractivity contribution is -0.230. The Morgan fingerprint density at radius 2 is 2.12 bits per heavy atom. The Morgan fingerprint density at radius 3 is 2.12 bits per heavy atom. The summed E-state index contributed by atoms with van der Waals surface area (Å²) in [7, 11) is 0. The monoisotopic (exact) mass is 134 g/mol. The van der Waals surface area contributed by atoms with Gasteiger partial charge in [0.25, 0.3) is 0 Å². The molecule has 48 valence electrons. The van der Waals surface area contributed by atoms with Crippen molar-refractivity contribution in [3.05, 3.63) is 0 Å². The van der Waals surface area contributed by atoms with Gasteiger partial charge in [-0.15, -0.1) is 11.6 Å². The van der Waals surface area contributed by atoms with Gasteiger partial charge in [-0.3, -0.25) is 0 Å². The van der Waals surface area contributed by atoms with Gasteiger partial charge in [0.15, 0.2) is 0 Å². The van der Waals surface area contributed by atoms with Crippen LogP contribution in [0.25, 0.3) is 0 Å². The summed E-state index contributed by atoms with van der Waals surface area (Å²) >= 11 is 5.35. The van der Waals surface area contributed by atoms with Gasteiger partial charge < -0.3 is 10.5 Å². The van der Waals surface area contributed by atoms with Crippen LogP contribution >= 0.6 is 11.6 Å². The van der Waals surface area contributed by atoms with Gasteiger partial charge in [0.1, 0.15) is 0 Å². The third-order valence-corrected chi connectivity index (χ3v) is 1.62. The summed E-state index contributed by atoms with van der Waals surface area (Å²) in [5.74, 6) is -0.387. The van der Waals surface area contributed by atoms with Crippen molar-refractivity contribution in [2.24, 2.45) is 5.41 Å². The van der Waals surface area contributed by atoms with Crippen molar-refractivity contribution in [3.63, 3.8) is 0 Å². The van der Waals surface area contributed by atoms with Crippen LogP contribution in [0.1, 0.15) is 13.8 Å². The number of hydrogen-bond acceptors (Lipinski definition) is 2. The Balaban J connectivity index is 3.91. The first kappa shape index (κ1) is 7.76. The van der Waals surface area contributed by atoms with Crippen LogP contribution < -0.4 is 5.11 Å². The second-order valence-electron chi connectivity index (χ2n) is 2.35. The molecule has 2 nitrogen and oxygen atoms in total. The first-order chi connectivity index (χ1) is 3.50. The summed E-state index contributed by atoms with van der Waals surface area (Å²) in [5, 5.41) is 16.9. The Morgan fingerprint density at radius 1 is 1.75 bits per heavy atom. The van der Waals surface area contributed by atoms with Gasteiger partial charge in [-0.25, -0.2) is 0 Å². The molecular formula is C5H9ClNO-.